The number of nitrogens with zero attached hydrogens (tertiary/aromatic N) is 2. The number of rotatable bonds is 5. The Morgan fingerprint density at radius 3 is 2.74 bits per heavy atom. The Bertz CT molecular complexity index is 1700. The predicted molar refractivity (Wildman–Crippen MR) is 131 cm³/mol. The number of para-hydroxylation sites is 1. The van der Waals surface area contributed by atoms with Crippen molar-refractivity contribution >= 4 is 27.8 Å². The number of H-pyrrole nitrogens is 1. The molecule has 2 aromatic heterocycles. The van der Waals surface area contributed by atoms with Crippen molar-refractivity contribution in [1.82, 2.24) is 9.97 Å². The first kappa shape index (κ1) is 21.9. The van der Waals surface area contributed by atoms with Gasteiger partial charge in [0.25, 0.3) is 5.56 Å². The van der Waals surface area contributed by atoms with Crippen LogP contribution in [0.5, 0.6) is 11.5 Å². The van der Waals surface area contributed by atoms with E-state index < -0.39 is 11.5 Å². The first-order valence-electron chi connectivity index (χ1n) is 10.9. The Morgan fingerprint density at radius 2 is 1.89 bits per heavy atom. The van der Waals surface area contributed by atoms with Crippen molar-refractivity contribution in [2.45, 2.75) is 13.5 Å². The number of nitrogens with one attached hydrogen (secondary N) is 1. The number of aromatic nitrogens is 2. The zero-order chi connectivity index (χ0) is 24.4. The summed E-state index contributed by atoms with van der Waals surface area (Å²) in [6.07, 6.45) is 0. The number of aromatic amines is 1. The summed E-state index contributed by atoms with van der Waals surface area (Å²) in [7, 11) is 0. The second-order valence-corrected chi connectivity index (χ2v) is 7.99. The lowest BCUT2D eigenvalue weighted by molar-refractivity contribution is 0.0736. The van der Waals surface area contributed by atoms with E-state index in [9.17, 15) is 14.9 Å². The smallest absolute Gasteiger partial charge is 0.343 e. The molecule has 5 rings (SSSR count). The van der Waals surface area contributed by atoms with Crippen LogP contribution in [0.3, 0.4) is 0 Å². The number of carbonyl (C=O) groups excluding carboxylic acids is 1. The first-order valence-corrected chi connectivity index (χ1v) is 10.9. The third-order valence-corrected chi connectivity index (χ3v) is 5.62. The maximum Gasteiger partial charge on any atom is 0.343 e. The van der Waals surface area contributed by atoms with Crippen LogP contribution >= 0.6 is 0 Å². The highest BCUT2D eigenvalue weighted by atomic mass is 16.5. The third-order valence-electron chi connectivity index (χ3n) is 5.62. The van der Waals surface area contributed by atoms with Gasteiger partial charge in [-0.3, -0.25) is 4.79 Å². The predicted octanol–water partition coefficient (Wildman–Crippen LogP) is 5.05. The van der Waals surface area contributed by atoms with Crippen molar-refractivity contribution in [2.75, 3.05) is 0 Å². The monoisotopic (exact) mass is 461 g/mol. The molecule has 0 radical (unpaired) electrons. The molecule has 7 heteroatoms. The molecule has 0 aliphatic carbocycles. The standard InChI is InChI=1S/C28H19N3O4/c1-17-9-12-25(23-14-20(15-29)27(32)31-26(17)23)35-28(33)19-6-4-7-22(13-19)34-16-21-11-10-18-5-2-3-8-24(18)30-21/h2-14H,16H2,1H3,(H,31,32). The van der Waals surface area contributed by atoms with E-state index in [4.69, 9.17) is 9.47 Å². The van der Waals surface area contributed by atoms with Crippen LogP contribution in [0.1, 0.15) is 27.2 Å². The molecule has 1 N–H and O–H groups in total. The number of hydrogen-bond donors (Lipinski definition) is 1. The SMILES string of the molecule is Cc1ccc(OC(=O)c2cccc(OCc3ccc4ccccc4n3)c2)c2cc(C#N)c(=O)[nH]c12. The Hall–Kier alpha value is -4.96. The van der Waals surface area contributed by atoms with Crippen LogP contribution in [-0.4, -0.2) is 15.9 Å². The van der Waals surface area contributed by atoms with Gasteiger partial charge in [-0.25, -0.2) is 9.78 Å². The van der Waals surface area contributed by atoms with E-state index in [2.05, 4.69) is 9.97 Å². The Kier molecular flexibility index (Phi) is 5.70. The van der Waals surface area contributed by atoms with Crippen molar-refractivity contribution in [3.05, 3.63) is 112 Å². The van der Waals surface area contributed by atoms with Crippen LogP contribution in [0, 0.1) is 18.3 Å². The first-order chi connectivity index (χ1) is 17.0. The van der Waals surface area contributed by atoms with Gasteiger partial charge in [0.15, 0.2) is 0 Å². The van der Waals surface area contributed by atoms with Crippen molar-refractivity contribution in [3.8, 4) is 17.6 Å². The molecule has 0 saturated carbocycles. The molecule has 3 aromatic carbocycles. The third kappa shape index (κ3) is 4.45. The van der Waals surface area contributed by atoms with Crippen molar-refractivity contribution in [1.29, 1.82) is 5.26 Å². The van der Waals surface area contributed by atoms with Gasteiger partial charge >= 0.3 is 5.97 Å². The molecule has 0 bridgehead atoms. The second-order valence-electron chi connectivity index (χ2n) is 7.99. The quantitative estimate of drug-likeness (QED) is 0.290. The van der Waals surface area contributed by atoms with Crippen LogP contribution in [0.2, 0.25) is 0 Å². The lowest BCUT2D eigenvalue weighted by atomic mass is 10.1. The average Bonchev–Trinajstić information content (AvgIpc) is 2.89. The van der Waals surface area contributed by atoms with Crippen LogP contribution in [0.25, 0.3) is 21.8 Å². The molecule has 5 aromatic rings. The highest BCUT2D eigenvalue weighted by Gasteiger charge is 2.15. The molecule has 0 unspecified atom stereocenters. The van der Waals surface area contributed by atoms with Crippen LogP contribution < -0.4 is 15.0 Å². The molecule has 0 amide bonds. The molecule has 0 aliphatic rings. The van der Waals surface area contributed by atoms with E-state index in [1.807, 2.05) is 49.4 Å². The van der Waals surface area contributed by atoms with Crippen LogP contribution in [-0.2, 0) is 6.61 Å². The summed E-state index contributed by atoms with van der Waals surface area (Å²) in [4.78, 5) is 32.2. The topological polar surface area (TPSA) is 105 Å². The zero-order valence-corrected chi connectivity index (χ0v) is 18.7. The van der Waals surface area contributed by atoms with E-state index >= 15 is 0 Å². The van der Waals surface area contributed by atoms with Crippen molar-refractivity contribution in [3.63, 3.8) is 0 Å². The fourth-order valence-corrected chi connectivity index (χ4v) is 3.80. The Balaban J connectivity index is 1.36. The van der Waals surface area contributed by atoms with Gasteiger partial charge in [-0.1, -0.05) is 36.4 Å². The van der Waals surface area contributed by atoms with Gasteiger partial charge in [0, 0.05) is 10.8 Å². The molecule has 0 aliphatic heterocycles. The highest BCUT2D eigenvalue weighted by molar-refractivity contribution is 5.95. The van der Waals surface area contributed by atoms with E-state index in [-0.39, 0.29) is 17.9 Å². The largest absolute Gasteiger partial charge is 0.487 e. The molecule has 170 valence electrons. The number of ether oxygens (including phenoxy) is 2. The Labute approximate surface area is 200 Å². The van der Waals surface area contributed by atoms with Crippen molar-refractivity contribution in [2.24, 2.45) is 0 Å². The number of nitriles is 1. The van der Waals surface area contributed by atoms with E-state index in [0.717, 1.165) is 22.2 Å². The maximum atomic E-state index is 12.9. The number of aryl methyl sites for hydroxylation is 1. The lowest BCUT2D eigenvalue weighted by Gasteiger charge is -2.11. The summed E-state index contributed by atoms with van der Waals surface area (Å²) < 4.78 is 11.5. The number of fused-ring (bicyclic) bond motifs is 2. The summed E-state index contributed by atoms with van der Waals surface area (Å²) in [5, 5.41) is 10.7. The molecule has 0 spiro atoms. The van der Waals surface area contributed by atoms with E-state index in [1.54, 1.807) is 36.4 Å². The summed E-state index contributed by atoms with van der Waals surface area (Å²) >= 11 is 0. The maximum absolute atomic E-state index is 12.9. The summed E-state index contributed by atoms with van der Waals surface area (Å²) in [6.45, 7) is 2.07. The van der Waals surface area contributed by atoms with Crippen LogP contribution in [0.15, 0.2) is 83.7 Å². The minimum absolute atomic E-state index is 0.0573. The summed E-state index contributed by atoms with van der Waals surface area (Å²) in [5.41, 5.74) is 2.71. The van der Waals surface area contributed by atoms with Gasteiger partial charge < -0.3 is 14.5 Å². The molecule has 0 fully saturated rings. The summed E-state index contributed by atoms with van der Waals surface area (Å²) in [6, 6.07) is 25.1. The molecule has 0 atom stereocenters. The summed E-state index contributed by atoms with van der Waals surface area (Å²) in [5.74, 6) is 0.156. The number of pyridine rings is 2. The number of carbonyl (C=O) groups is 1. The normalized spacial score (nSPS) is 10.7. The van der Waals surface area contributed by atoms with E-state index in [1.165, 1.54) is 6.07 Å². The zero-order valence-electron chi connectivity index (χ0n) is 18.7. The molecule has 2 heterocycles. The van der Waals surface area contributed by atoms with Gasteiger partial charge in [-0.05, 0) is 55.0 Å². The van der Waals surface area contributed by atoms with Crippen molar-refractivity contribution < 1.29 is 14.3 Å². The fraction of sp³-hybridized carbons (Fsp3) is 0.0714. The second kappa shape index (κ2) is 9.12. The molecule has 7 nitrogen and oxygen atoms in total. The molecular weight excluding hydrogens is 442 g/mol. The van der Waals surface area contributed by atoms with Gasteiger partial charge in [0.1, 0.15) is 29.7 Å². The van der Waals surface area contributed by atoms with Gasteiger partial charge in [-0.15, -0.1) is 0 Å². The Morgan fingerprint density at radius 1 is 1.03 bits per heavy atom. The van der Waals surface area contributed by atoms with Gasteiger partial charge in [0.05, 0.1) is 22.3 Å². The minimum Gasteiger partial charge on any atom is -0.487 e. The molecular formula is C28H19N3O4. The van der Waals surface area contributed by atoms with Gasteiger partial charge in [0.2, 0.25) is 0 Å². The number of hydrogen-bond acceptors (Lipinski definition) is 6. The average molecular weight is 461 g/mol. The minimum atomic E-state index is -0.589. The van der Waals surface area contributed by atoms with Crippen LogP contribution in [0.4, 0.5) is 0 Å². The van der Waals surface area contributed by atoms with Gasteiger partial charge in [-0.2, -0.15) is 5.26 Å². The molecule has 0 saturated heterocycles. The van der Waals surface area contributed by atoms with E-state index in [0.29, 0.717) is 22.2 Å². The highest BCUT2D eigenvalue weighted by Crippen LogP contribution is 2.28. The fourth-order valence-electron chi connectivity index (χ4n) is 3.80. The number of esters is 1. The number of benzene rings is 3. The molecule has 35 heavy (non-hydrogen) atoms. The lowest BCUT2D eigenvalue weighted by Crippen LogP contribution is -2.12.